The summed E-state index contributed by atoms with van der Waals surface area (Å²) in [4.78, 5) is 39.1. The van der Waals surface area contributed by atoms with Crippen molar-refractivity contribution >= 4 is 41.9 Å². The van der Waals surface area contributed by atoms with E-state index >= 15 is 0 Å². The van der Waals surface area contributed by atoms with Crippen molar-refractivity contribution in [3.63, 3.8) is 0 Å². The lowest BCUT2D eigenvalue weighted by Gasteiger charge is -2.31. The van der Waals surface area contributed by atoms with Crippen molar-refractivity contribution in [3.8, 4) is 0 Å². The summed E-state index contributed by atoms with van der Waals surface area (Å²) in [6, 6.07) is 12.6. The first-order valence-electron chi connectivity index (χ1n) is 11.6. The van der Waals surface area contributed by atoms with Gasteiger partial charge in [0.05, 0.1) is 6.10 Å². The maximum absolute atomic E-state index is 13.4. The van der Waals surface area contributed by atoms with Gasteiger partial charge in [0, 0.05) is 5.56 Å². The van der Waals surface area contributed by atoms with Crippen LogP contribution in [-0.2, 0) is 14.3 Å². The fourth-order valence-electron chi connectivity index (χ4n) is 4.91. The van der Waals surface area contributed by atoms with Crippen molar-refractivity contribution in [2.75, 3.05) is 6.61 Å². The van der Waals surface area contributed by atoms with Gasteiger partial charge in [0.2, 0.25) is 5.91 Å². The molecule has 1 saturated heterocycles. The van der Waals surface area contributed by atoms with Crippen LogP contribution >= 0.6 is 13.5 Å². The Bertz CT molecular complexity index is 1020. The minimum Gasteiger partial charge on any atom is -0.368 e. The van der Waals surface area contributed by atoms with E-state index in [4.69, 9.17) is 4.74 Å². The Morgan fingerprint density at radius 2 is 1.79 bits per heavy atom. The molecule has 2 aromatic rings. The summed E-state index contributed by atoms with van der Waals surface area (Å²) in [6.45, 7) is 3.48. The summed E-state index contributed by atoms with van der Waals surface area (Å²) >= 11 is 0. The molecule has 2 N–H and O–H groups in total. The average Bonchev–Trinajstić information content (AvgIpc) is 3.05. The van der Waals surface area contributed by atoms with E-state index in [1.807, 2.05) is 36.4 Å². The minimum atomic E-state index is -1.08. The number of Topliss-reactive ketones (excluding diaryl/α,β-unsaturated/α-hetero) is 1. The molecule has 3 atom stereocenters. The lowest BCUT2D eigenvalue weighted by Crippen LogP contribution is -2.60. The van der Waals surface area contributed by atoms with E-state index in [9.17, 15) is 14.4 Å². The predicted molar refractivity (Wildman–Crippen MR) is 134 cm³/mol. The maximum atomic E-state index is 13.4. The number of carbonyl (C=O) groups excluding carboxylic acids is 3. The Morgan fingerprint density at radius 3 is 2.48 bits per heavy atom. The molecule has 4 rings (SSSR count). The monoisotopic (exact) mass is 470 g/mol. The van der Waals surface area contributed by atoms with E-state index in [0.29, 0.717) is 17.9 Å². The number of hydrogen-bond donors (Lipinski definition) is 2. The number of carbonyl (C=O) groups is 3. The second kappa shape index (κ2) is 10.7. The van der Waals surface area contributed by atoms with E-state index in [0.717, 1.165) is 36.5 Å². The van der Waals surface area contributed by atoms with Gasteiger partial charge in [-0.1, -0.05) is 68.5 Å². The molecular formula is C26H34N2O4S. The summed E-state index contributed by atoms with van der Waals surface area (Å²) in [5.74, 6) is -0.356. The third kappa shape index (κ3) is 5.41. The number of hydrogen-bond acceptors (Lipinski definition) is 4. The quantitative estimate of drug-likeness (QED) is 0.671. The van der Waals surface area contributed by atoms with Gasteiger partial charge < -0.3 is 15.4 Å². The summed E-state index contributed by atoms with van der Waals surface area (Å²) in [6.07, 6.45) is 5.80. The molecule has 2 amide bonds. The third-order valence-corrected chi connectivity index (χ3v) is 7.19. The highest BCUT2D eigenvalue weighted by molar-refractivity contribution is 7.59. The molecule has 6 nitrogen and oxygen atoms in total. The van der Waals surface area contributed by atoms with Gasteiger partial charge in [-0.05, 0) is 43.0 Å². The number of fused-ring (bicyclic) bond motifs is 1. The number of ketones is 1. The normalized spacial score (nSPS) is 24.2. The zero-order valence-electron chi connectivity index (χ0n) is 19.4. The van der Waals surface area contributed by atoms with Crippen LogP contribution in [0.15, 0.2) is 42.5 Å². The van der Waals surface area contributed by atoms with Gasteiger partial charge in [0.25, 0.3) is 5.91 Å². The van der Waals surface area contributed by atoms with Crippen LogP contribution in [0.25, 0.3) is 10.8 Å². The Labute approximate surface area is 202 Å². The predicted octanol–water partition coefficient (Wildman–Crippen LogP) is 3.88. The summed E-state index contributed by atoms with van der Waals surface area (Å²) < 4.78 is 5.46. The Kier molecular flexibility index (Phi) is 8.19. The van der Waals surface area contributed by atoms with Crippen molar-refractivity contribution in [2.45, 2.75) is 70.1 Å². The minimum absolute atomic E-state index is 0. The van der Waals surface area contributed by atoms with E-state index in [1.54, 1.807) is 19.9 Å². The Balaban J connectivity index is 0.00000306. The summed E-state index contributed by atoms with van der Waals surface area (Å²) in [5.41, 5.74) is -0.532. The number of ether oxygens (including phenoxy) is 1. The van der Waals surface area contributed by atoms with Gasteiger partial charge >= 0.3 is 0 Å². The fraction of sp³-hybridized carbons (Fsp3) is 0.500. The molecule has 0 aromatic heterocycles. The molecule has 178 valence electrons. The summed E-state index contributed by atoms with van der Waals surface area (Å²) in [7, 11) is 0. The molecule has 0 unspecified atom stereocenters. The fourth-order valence-corrected chi connectivity index (χ4v) is 4.91. The van der Waals surface area contributed by atoms with Gasteiger partial charge in [-0.25, -0.2) is 0 Å². The van der Waals surface area contributed by atoms with E-state index < -0.39 is 17.7 Å². The van der Waals surface area contributed by atoms with Crippen molar-refractivity contribution < 1.29 is 19.1 Å². The number of amides is 2. The molecule has 0 spiro atoms. The van der Waals surface area contributed by atoms with Gasteiger partial charge in [-0.2, -0.15) is 13.5 Å². The largest absolute Gasteiger partial charge is 0.368 e. The van der Waals surface area contributed by atoms with Gasteiger partial charge in [-0.15, -0.1) is 0 Å². The Morgan fingerprint density at radius 1 is 1.09 bits per heavy atom. The number of benzene rings is 2. The first-order chi connectivity index (χ1) is 15.4. The van der Waals surface area contributed by atoms with Gasteiger partial charge in [0.15, 0.2) is 5.78 Å². The molecule has 1 heterocycles. The van der Waals surface area contributed by atoms with Crippen molar-refractivity contribution in [1.82, 2.24) is 10.6 Å². The van der Waals surface area contributed by atoms with Crippen molar-refractivity contribution in [1.29, 1.82) is 0 Å². The molecule has 2 aromatic carbocycles. The zero-order chi connectivity index (χ0) is 22.7. The second-order valence-corrected chi connectivity index (χ2v) is 9.36. The molecule has 1 aliphatic carbocycles. The standard InChI is InChI=1S/C26H32N2O4.H2S/c1-17-26(2,23(29)16-32-17)28-25(31)22(15-18-9-4-3-5-10-18)27-24(30)21-14-8-12-19-11-6-7-13-20(19)21;/h6-8,11-14,17-18,22H,3-5,9-10,15-16H2,1-2H3,(H,27,30)(H,28,31);1H2/t17-,22+,26-;/m1./s1. The molecule has 33 heavy (non-hydrogen) atoms. The second-order valence-electron chi connectivity index (χ2n) is 9.36. The molecule has 2 aliphatic rings. The van der Waals surface area contributed by atoms with E-state index in [2.05, 4.69) is 10.6 Å². The zero-order valence-corrected chi connectivity index (χ0v) is 20.4. The van der Waals surface area contributed by atoms with Crippen LogP contribution in [0.1, 0.15) is 62.7 Å². The average molecular weight is 471 g/mol. The molecule has 7 heteroatoms. The lowest BCUT2D eigenvalue weighted by molar-refractivity contribution is -0.131. The van der Waals surface area contributed by atoms with Crippen LogP contribution in [-0.4, -0.2) is 41.9 Å². The highest BCUT2D eigenvalue weighted by Crippen LogP contribution is 2.29. The maximum Gasteiger partial charge on any atom is 0.252 e. The van der Waals surface area contributed by atoms with Gasteiger partial charge in [-0.3, -0.25) is 14.4 Å². The molecule has 2 fully saturated rings. The van der Waals surface area contributed by atoms with Crippen LogP contribution < -0.4 is 10.6 Å². The van der Waals surface area contributed by atoms with Crippen LogP contribution in [0.5, 0.6) is 0 Å². The highest BCUT2D eigenvalue weighted by Gasteiger charge is 2.47. The topological polar surface area (TPSA) is 84.5 Å². The van der Waals surface area contributed by atoms with Crippen LogP contribution in [0.2, 0.25) is 0 Å². The number of rotatable bonds is 6. The van der Waals surface area contributed by atoms with Gasteiger partial charge in [0.1, 0.15) is 18.2 Å². The lowest BCUT2D eigenvalue weighted by atomic mass is 9.84. The van der Waals surface area contributed by atoms with E-state index in [-0.39, 0.29) is 37.7 Å². The number of nitrogens with one attached hydrogen (secondary N) is 2. The van der Waals surface area contributed by atoms with Crippen molar-refractivity contribution in [2.24, 2.45) is 5.92 Å². The third-order valence-electron chi connectivity index (χ3n) is 7.19. The molecule has 1 saturated carbocycles. The first-order valence-corrected chi connectivity index (χ1v) is 11.6. The molecule has 1 aliphatic heterocycles. The smallest absolute Gasteiger partial charge is 0.252 e. The molecule has 0 radical (unpaired) electrons. The SMILES string of the molecule is C[C@H]1OCC(=O)[C@]1(C)NC(=O)[C@H](CC1CCCCC1)NC(=O)c1cccc2ccccc12.S. The van der Waals surface area contributed by atoms with Crippen LogP contribution in [0.4, 0.5) is 0 Å². The van der Waals surface area contributed by atoms with Crippen molar-refractivity contribution in [3.05, 3.63) is 48.0 Å². The van der Waals surface area contributed by atoms with Crippen LogP contribution in [0, 0.1) is 5.92 Å². The Hall–Kier alpha value is -2.38. The molecular weight excluding hydrogens is 436 g/mol. The highest BCUT2D eigenvalue weighted by atomic mass is 32.1. The van der Waals surface area contributed by atoms with Crippen LogP contribution in [0.3, 0.4) is 0 Å². The first kappa shape index (κ1) is 25.2. The summed E-state index contributed by atoms with van der Waals surface area (Å²) in [5, 5.41) is 7.73. The molecule has 0 bridgehead atoms. The van der Waals surface area contributed by atoms with E-state index in [1.165, 1.54) is 6.42 Å².